The minimum absolute atomic E-state index is 0.0718. The number of aldehydes is 1. The summed E-state index contributed by atoms with van der Waals surface area (Å²) in [5, 5.41) is 6.86. The van der Waals surface area contributed by atoms with E-state index in [2.05, 4.69) is 10.1 Å². The minimum atomic E-state index is -4.22. The second-order valence-electron chi connectivity index (χ2n) is 8.96. The molecule has 2 aliphatic heterocycles. The van der Waals surface area contributed by atoms with Crippen molar-refractivity contribution >= 4 is 50.7 Å². The van der Waals surface area contributed by atoms with Crippen molar-refractivity contribution in [2.24, 2.45) is 0 Å². The number of rotatable bonds is 8. The maximum Gasteiger partial charge on any atom is 0.354 e. The first kappa shape index (κ1) is 26.2. The average molecular weight is 530 g/mol. The van der Waals surface area contributed by atoms with Crippen LogP contribution >= 0.6 is 0 Å². The lowest BCUT2D eigenvalue weighted by Crippen LogP contribution is -2.64. The highest BCUT2D eigenvalue weighted by Gasteiger charge is 2.44. The van der Waals surface area contributed by atoms with E-state index in [4.69, 9.17) is 0 Å². The first-order chi connectivity index (χ1) is 17.6. The molecule has 2 N–H and O–H groups in total. The first-order valence-electron chi connectivity index (χ1n) is 11.8. The van der Waals surface area contributed by atoms with Crippen LogP contribution in [-0.4, -0.2) is 78.5 Å². The number of benzene rings is 2. The smallest absolute Gasteiger partial charge is 0.344 e. The number of fused-ring (bicyclic) bond motifs is 2. The van der Waals surface area contributed by atoms with Crippen LogP contribution in [0.4, 0.5) is 4.79 Å². The number of ketones is 1. The van der Waals surface area contributed by atoms with Gasteiger partial charge in [-0.2, -0.15) is 0 Å². The molecular weight excluding hydrogens is 502 g/mol. The number of hydrazine groups is 2. The van der Waals surface area contributed by atoms with Crippen LogP contribution in [0.2, 0.25) is 0 Å². The molecule has 2 unspecified atom stereocenters. The van der Waals surface area contributed by atoms with E-state index in [1.165, 1.54) is 19.1 Å². The van der Waals surface area contributed by atoms with Gasteiger partial charge in [-0.1, -0.05) is 30.3 Å². The van der Waals surface area contributed by atoms with Gasteiger partial charge in [0.25, 0.3) is 10.0 Å². The molecule has 2 fully saturated rings. The predicted molar refractivity (Wildman–Crippen MR) is 131 cm³/mol. The molecule has 0 aliphatic carbocycles. The summed E-state index contributed by atoms with van der Waals surface area (Å²) in [7, 11) is -4.22. The molecule has 2 atom stereocenters. The van der Waals surface area contributed by atoms with Gasteiger partial charge in [-0.05, 0) is 42.7 Å². The molecule has 37 heavy (non-hydrogen) atoms. The fourth-order valence-corrected chi connectivity index (χ4v) is 5.55. The van der Waals surface area contributed by atoms with Gasteiger partial charge in [-0.3, -0.25) is 14.4 Å². The van der Waals surface area contributed by atoms with Crippen LogP contribution in [0.25, 0.3) is 10.8 Å². The van der Waals surface area contributed by atoms with Gasteiger partial charge in [0, 0.05) is 25.9 Å². The van der Waals surface area contributed by atoms with E-state index in [1.54, 1.807) is 18.2 Å². The van der Waals surface area contributed by atoms with Gasteiger partial charge in [0.1, 0.15) is 18.1 Å². The van der Waals surface area contributed by atoms with Crippen molar-refractivity contribution in [2.75, 3.05) is 13.1 Å². The molecule has 0 saturated carbocycles. The Bertz CT molecular complexity index is 1360. The fourth-order valence-electron chi connectivity index (χ4n) is 4.45. The van der Waals surface area contributed by atoms with Crippen LogP contribution in [0.5, 0.6) is 0 Å². The number of amides is 4. The molecule has 196 valence electrons. The summed E-state index contributed by atoms with van der Waals surface area (Å²) in [4.78, 5) is 64.3. The normalized spacial score (nSPS) is 19.3. The van der Waals surface area contributed by atoms with E-state index in [-0.39, 0.29) is 43.0 Å². The molecule has 13 heteroatoms. The molecule has 2 aromatic rings. The van der Waals surface area contributed by atoms with E-state index >= 15 is 0 Å². The van der Waals surface area contributed by atoms with Crippen LogP contribution in [0.1, 0.15) is 32.6 Å². The van der Waals surface area contributed by atoms with Crippen LogP contribution in [0.15, 0.2) is 47.4 Å². The van der Waals surface area contributed by atoms with Crippen LogP contribution in [-0.2, 0) is 29.2 Å². The summed E-state index contributed by atoms with van der Waals surface area (Å²) in [6, 6.07) is 8.58. The third-order valence-electron chi connectivity index (χ3n) is 6.23. The Balaban J connectivity index is 1.59. The molecule has 4 amide bonds. The highest BCUT2D eigenvalue weighted by atomic mass is 32.2. The highest BCUT2D eigenvalue weighted by molar-refractivity contribution is 7.89. The lowest BCUT2D eigenvalue weighted by Gasteiger charge is -2.42. The molecule has 0 radical (unpaired) electrons. The van der Waals surface area contributed by atoms with Crippen LogP contribution in [0, 0.1) is 0 Å². The zero-order valence-electron chi connectivity index (χ0n) is 20.1. The molecule has 2 aliphatic rings. The Morgan fingerprint density at radius 3 is 2.54 bits per heavy atom. The molecule has 2 heterocycles. The first-order valence-corrected chi connectivity index (χ1v) is 13.3. The molecule has 2 aromatic carbocycles. The quantitative estimate of drug-likeness (QED) is 0.478. The summed E-state index contributed by atoms with van der Waals surface area (Å²) in [5.41, 5.74) is 0. The standard InChI is InChI=1S/C24H27N5O7S/c1-16(31)13-19(15-30)25-23(33)21-7-4-11-28-22(32)10-12-27(24(34)29(21)28)26-37(35,36)20-9-8-17-5-2-3-6-18(17)14-20/h2-3,5-6,8-9,14-15,19,21,26H,4,7,10-13H2,1H3,(H,25,33). The summed E-state index contributed by atoms with van der Waals surface area (Å²) in [5.74, 6) is -1.48. The van der Waals surface area contributed by atoms with E-state index < -0.39 is 40.0 Å². The summed E-state index contributed by atoms with van der Waals surface area (Å²) < 4.78 is 26.3. The Morgan fingerprint density at radius 1 is 1.11 bits per heavy atom. The third kappa shape index (κ3) is 5.62. The van der Waals surface area contributed by atoms with E-state index in [0.29, 0.717) is 18.1 Å². The Hall–Kier alpha value is -3.84. The monoisotopic (exact) mass is 529 g/mol. The van der Waals surface area contributed by atoms with Gasteiger partial charge in [-0.15, -0.1) is 4.83 Å². The number of nitrogens with zero attached hydrogens (tertiary/aromatic N) is 3. The maximum absolute atomic E-state index is 13.5. The number of carbonyl (C=O) groups is 5. The Morgan fingerprint density at radius 2 is 1.84 bits per heavy atom. The fraction of sp³-hybridized carbons (Fsp3) is 0.375. The number of hydrogen-bond donors (Lipinski definition) is 2. The van der Waals surface area contributed by atoms with Gasteiger partial charge in [0.2, 0.25) is 11.8 Å². The summed E-state index contributed by atoms with van der Waals surface area (Å²) >= 11 is 0. The summed E-state index contributed by atoms with van der Waals surface area (Å²) in [6.07, 6.45) is 0.640. The SMILES string of the molecule is CC(=O)CC(C=O)NC(=O)C1CCCN2C(=O)CCN(NS(=O)(=O)c3ccc4ccccc4c3)C(=O)N12. The van der Waals surface area contributed by atoms with Gasteiger partial charge in [0.05, 0.1) is 10.9 Å². The molecule has 0 spiro atoms. The van der Waals surface area contributed by atoms with Gasteiger partial charge in [-0.25, -0.2) is 28.2 Å². The van der Waals surface area contributed by atoms with Crippen molar-refractivity contribution in [2.45, 2.75) is 49.6 Å². The second kappa shape index (κ2) is 10.6. The lowest BCUT2D eigenvalue weighted by molar-refractivity contribution is -0.155. The van der Waals surface area contributed by atoms with Gasteiger partial charge in [0.15, 0.2) is 0 Å². The highest BCUT2D eigenvalue weighted by Crippen LogP contribution is 2.25. The topological polar surface area (TPSA) is 153 Å². The van der Waals surface area contributed by atoms with Crippen LogP contribution in [0.3, 0.4) is 0 Å². The lowest BCUT2D eigenvalue weighted by atomic mass is 10.1. The minimum Gasteiger partial charge on any atom is -0.344 e. The van der Waals surface area contributed by atoms with Crippen molar-refractivity contribution in [3.63, 3.8) is 0 Å². The van der Waals surface area contributed by atoms with Crippen molar-refractivity contribution in [3.8, 4) is 0 Å². The maximum atomic E-state index is 13.5. The Kier molecular flexibility index (Phi) is 7.55. The zero-order valence-corrected chi connectivity index (χ0v) is 20.9. The van der Waals surface area contributed by atoms with Crippen LogP contribution < -0.4 is 10.1 Å². The zero-order chi connectivity index (χ0) is 26.7. The van der Waals surface area contributed by atoms with Gasteiger partial charge < -0.3 is 10.1 Å². The van der Waals surface area contributed by atoms with Crippen molar-refractivity contribution in [3.05, 3.63) is 42.5 Å². The number of sulfonamides is 1. The molecule has 4 rings (SSSR count). The molecule has 0 aromatic heterocycles. The molecule has 12 nitrogen and oxygen atoms in total. The third-order valence-corrected chi connectivity index (χ3v) is 7.57. The number of urea groups is 1. The number of nitrogens with one attached hydrogen (secondary N) is 2. The molecule has 2 saturated heterocycles. The average Bonchev–Trinajstić information content (AvgIpc) is 2.99. The van der Waals surface area contributed by atoms with Crippen molar-refractivity contribution in [1.82, 2.24) is 25.2 Å². The largest absolute Gasteiger partial charge is 0.354 e. The van der Waals surface area contributed by atoms with E-state index in [0.717, 1.165) is 20.4 Å². The Labute approximate surface area is 213 Å². The molecule has 0 bridgehead atoms. The van der Waals surface area contributed by atoms with E-state index in [1.807, 2.05) is 12.1 Å². The number of hydrogen-bond acceptors (Lipinski definition) is 7. The summed E-state index contributed by atoms with van der Waals surface area (Å²) in [6.45, 7) is 1.21. The predicted octanol–water partition coefficient (Wildman–Crippen LogP) is 0.730. The van der Waals surface area contributed by atoms with Gasteiger partial charge >= 0.3 is 6.03 Å². The van der Waals surface area contributed by atoms with Crippen molar-refractivity contribution in [1.29, 1.82) is 0 Å². The number of Topliss-reactive ketones (excluding diaryl/α,β-unsaturated/α-hetero) is 1. The van der Waals surface area contributed by atoms with E-state index in [9.17, 15) is 32.4 Å². The van der Waals surface area contributed by atoms with Crippen molar-refractivity contribution < 1.29 is 32.4 Å². The molecular formula is C24H27N5O7S. The number of carbonyl (C=O) groups excluding carboxylic acids is 5. The second-order valence-corrected chi connectivity index (χ2v) is 10.6.